The third kappa shape index (κ3) is 6.76. The van der Waals surface area contributed by atoms with Crippen LogP contribution in [0.25, 0.3) is 0 Å². The number of aliphatic hydroxyl groups is 4. The molecule has 312 valence electrons. The zero-order valence-electron chi connectivity index (χ0n) is 33.4. The van der Waals surface area contributed by atoms with E-state index in [9.17, 15) is 44.4 Å². The number of rotatable bonds is 9. The molecule has 3 aromatic carbocycles. The van der Waals surface area contributed by atoms with Crippen LogP contribution in [0.1, 0.15) is 79.8 Å². The van der Waals surface area contributed by atoms with E-state index < -0.39 is 107 Å². The van der Waals surface area contributed by atoms with E-state index in [2.05, 4.69) is 5.32 Å². The molecule has 2 saturated carbocycles. The van der Waals surface area contributed by atoms with E-state index in [-0.39, 0.29) is 35.3 Å². The molecule has 3 aromatic rings. The molecule has 5 N–H and O–H groups in total. The molecule has 1 heterocycles. The zero-order chi connectivity index (χ0) is 42.7. The van der Waals surface area contributed by atoms with Crippen molar-refractivity contribution in [3.05, 3.63) is 119 Å². The van der Waals surface area contributed by atoms with E-state index in [1.54, 1.807) is 92.7 Å². The highest BCUT2D eigenvalue weighted by Crippen LogP contribution is 2.64. The van der Waals surface area contributed by atoms with Gasteiger partial charge in [0, 0.05) is 30.7 Å². The van der Waals surface area contributed by atoms with Crippen LogP contribution in [0.15, 0.2) is 102 Å². The fourth-order valence-electron chi connectivity index (χ4n) is 9.94. The third-order valence-corrected chi connectivity index (χ3v) is 13.2. The molecule has 59 heavy (non-hydrogen) atoms. The molecule has 4 aliphatic rings. The molecule has 0 aromatic heterocycles. The maximum Gasteiger partial charge on any atom is 0.338 e. The minimum atomic E-state index is -2.35. The molecule has 2 bridgehead atoms. The van der Waals surface area contributed by atoms with Gasteiger partial charge in [-0.1, -0.05) is 80.6 Å². The summed E-state index contributed by atoms with van der Waals surface area (Å²) in [4.78, 5) is 69.5. The average molecular weight is 812 g/mol. The smallest absolute Gasteiger partial charge is 0.338 e. The Morgan fingerprint density at radius 1 is 0.864 bits per heavy atom. The van der Waals surface area contributed by atoms with Gasteiger partial charge < -0.3 is 44.7 Å². The normalized spacial score (nSPS) is 33.0. The molecule has 14 heteroatoms. The Morgan fingerprint density at radius 3 is 2.00 bits per heavy atom. The number of hydrogen-bond acceptors (Lipinski definition) is 13. The van der Waals surface area contributed by atoms with Crippen LogP contribution in [-0.4, -0.2) is 104 Å². The molecule has 14 nitrogen and oxygen atoms in total. The van der Waals surface area contributed by atoms with Crippen LogP contribution < -0.4 is 5.32 Å². The molecule has 1 saturated heterocycles. The zero-order valence-corrected chi connectivity index (χ0v) is 33.4. The number of ether oxygens (including phenoxy) is 4. The summed E-state index contributed by atoms with van der Waals surface area (Å²) in [6.45, 7) is 6.89. The van der Waals surface area contributed by atoms with Gasteiger partial charge in [-0.3, -0.25) is 14.4 Å². The topological polar surface area (TPSA) is 215 Å². The van der Waals surface area contributed by atoms with E-state index in [4.69, 9.17) is 18.9 Å². The van der Waals surface area contributed by atoms with E-state index in [0.717, 1.165) is 6.92 Å². The van der Waals surface area contributed by atoms with Crippen LogP contribution in [0.5, 0.6) is 0 Å². The van der Waals surface area contributed by atoms with Gasteiger partial charge >= 0.3 is 17.9 Å². The molecule has 3 fully saturated rings. The van der Waals surface area contributed by atoms with Gasteiger partial charge in [-0.2, -0.15) is 0 Å². The van der Waals surface area contributed by atoms with Crippen molar-refractivity contribution in [1.29, 1.82) is 0 Å². The van der Waals surface area contributed by atoms with E-state index >= 15 is 0 Å². The molecule has 0 spiro atoms. The number of carbonyl (C=O) groups is 5. The fourth-order valence-corrected chi connectivity index (χ4v) is 9.94. The standard InChI is InChI=1S/C45H49NO13/c1-24-29(57-41(54)35(50)33(26-15-9-6-10-16-26)46-39(52)27-17-11-7-12-18-27)22-45(55)38(58-40(53)28-19-13-8-14-20-28)36-43(5,37(51)34(49)32(24)42(45,3)4)30(48)21-31-44(36,23-56-31)59-25(2)47/h6-20,29-31,33-36,38,48-50,55H,21-23H2,1-5H3,(H,46,52)/t29-,30-,31-,33+,34+,35+,36-,38-,43-,44-,45+/m0/s1. The van der Waals surface area contributed by atoms with E-state index in [1.165, 1.54) is 26.0 Å². The van der Waals surface area contributed by atoms with Gasteiger partial charge in [0.25, 0.3) is 5.91 Å². The van der Waals surface area contributed by atoms with Crippen LogP contribution in [0.2, 0.25) is 0 Å². The van der Waals surface area contributed by atoms with Crippen LogP contribution in [0.4, 0.5) is 0 Å². The number of hydrogen-bond donors (Lipinski definition) is 5. The highest BCUT2D eigenvalue weighted by atomic mass is 16.6. The van der Waals surface area contributed by atoms with Crippen LogP contribution in [0.3, 0.4) is 0 Å². The van der Waals surface area contributed by atoms with Gasteiger partial charge in [0.1, 0.15) is 30.0 Å². The van der Waals surface area contributed by atoms with Crippen LogP contribution >= 0.6 is 0 Å². The van der Waals surface area contributed by atoms with Crippen molar-refractivity contribution in [2.75, 3.05) is 6.61 Å². The number of amides is 1. The lowest BCUT2D eigenvalue weighted by molar-refractivity contribution is -0.346. The first-order valence-electron chi connectivity index (χ1n) is 19.6. The lowest BCUT2D eigenvalue weighted by Crippen LogP contribution is -2.81. The monoisotopic (exact) mass is 811 g/mol. The third-order valence-electron chi connectivity index (χ3n) is 13.2. The number of ketones is 1. The maximum atomic E-state index is 15.0. The minimum absolute atomic E-state index is 0.0540. The summed E-state index contributed by atoms with van der Waals surface area (Å²) in [5.41, 5.74) is -6.86. The molecule has 7 rings (SSSR count). The average Bonchev–Trinajstić information content (AvgIpc) is 3.21. The van der Waals surface area contributed by atoms with Crippen molar-refractivity contribution in [2.45, 2.75) is 101 Å². The molecular formula is C45H49NO13. The first-order chi connectivity index (χ1) is 27.9. The number of nitrogens with one attached hydrogen (secondary N) is 1. The molecule has 1 aliphatic heterocycles. The van der Waals surface area contributed by atoms with Crippen molar-refractivity contribution in [2.24, 2.45) is 16.7 Å². The molecule has 3 aliphatic carbocycles. The van der Waals surface area contributed by atoms with Crippen molar-refractivity contribution < 1.29 is 63.3 Å². The second-order valence-corrected chi connectivity index (χ2v) is 16.8. The Labute approximate surface area is 341 Å². The fraction of sp³-hybridized carbons (Fsp3) is 0.444. The van der Waals surface area contributed by atoms with Gasteiger partial charge in [0.15, 0.2) is 17.5 Å². The van der Waals surface area contributed by atoms with Gasteiger partial charge in [-0.05, 0) is 54.8 Å². The Hall–Kier alpha value is -5.25. The number of carbonyl (C=O) groups excluding carboxylic acids is 5. The predicted molar refractivity (Wildman–Crippen MR) is 208 cm³/mol. The number of fused-ring (bicyclic) bond motifs is 5. The molecule has 0 unspecified atom stereocenters. The number of esters is 3. The summed E-state index contributed by atoms with van der Waals surface area (Å²) in [5, 5.41) is 51.9. The predicted octanol–water partition coefficient (Wildman–Crippen LogP) is 3.16. The van der Waals surface area contributed by atoms with Gasteiger partial charge in [-0.25, -0.2) is 9.59 Å². The highest BCUT2D eigenvalue weighted by Gasteiger charge is 2.78. The van der Waals surface area contributed by atoms with Crippen molar-refractivity contribution in [3.8, 4) is 0 Å². The van der Waals surface area contributed by atoms with Gasteiger partial charge in [0.2, 0.25) is 0 Å². The quantitative estimate of drug-likeness (QED) is 0.120. The summed E-state index contributed by atoms with van der Waals surface area (Å²) >= 11 is 0. The molecular weight excluding hydrogens is 762 g/mol. The summed E-state index contributed by atoms with van der Waals surface area (Å²) in [7, 11) is 0. The number of Topliss-reactive ketones (excluding diaryl/α,β-unsaturated/α-hetero) is 1. The SMILES string of the molecule is CC(=O)O[C@@]12CO[C@H]1C[C@H](O)[C@]1(C)C(=O)[C@H](O)C3=C(C)[C@@H](OC(=O)[C@H](O)[C@H](NC(=O)c4ccccc4)c4ccccc4)C[C@@](O)([C@@H](OC(=O)c4ccccc4)[C@H]21)C3(C)C. The molecule has 11 atom stereocenters. The second-order valence-electron chi connectivity index (χ2n) is 16.8. The Morgan fingerprint density at radius 2 is 1.44 bits per heavy atom. The van der Waals surface area contributed by atoms with Gasteiger partial charge in [0.05, 0.1) is 35.6 Å². The van der Waals surface area contributed by atoms with Crippen LogP contribution in [-0.2, 0) is 33.3 Å². The van der Waals surface area contributed by atoms with Gasteiger partial charge in [-0.15, -0.1) is 0 Å². The summed E-state index contributed by atoms with van der Waals surface area (Å²) in [5.74, 6) is -5.89. The Kier molecular flexibility index (Phi) is 10.9. The number of benzene rings is 3. The van der Waals surface area contributed by atoms with Crippen molar-refractivity contribution >= 4 is 29.6 Å². The Balaban J connectivity index is 1.34. The minimum Gasteiger partial charge on any atom is -0.456 e. The molecule has 1 amide bonds. The largest absolute Gasteiger partial charge is 0.456 e. The Bertz CT molecular complexity index is 2160. The van der Waals surface area contributed by atoms with Crippen LogP contribution in [0, 0.1) is 16.7 Å². The first-order valence-corrected chi connectivity index (χ1v) is 19.6. The van der Waals surface area contributed by atoms with E-state index in [1.807, 2.05) is 0 Å². The second kappa shape index (κ2) is 15.4. The first kappa shape index (κ1) is 41.9. The highest BCUT2D eigenvalue weighted by molar-refractivity contribution is 5.95. The van der Waals surface area contributed by atoms with E-state index in [0.29, 0.717) is 5.56 Å². The summed E-state index contributed by atoms with van der Waals surface area (Å²) in [6, 6.07) is 23.1. The summed E-state index contributed by atoms with van der Waals surface area (Å²) in [6.07, 6.45) is -10.5. The van der Waals surface area contributed by atoms with Crippen molar-refractivity contribution in [3.63, 3.8) is 0 Å². The summed E-state index contributed by atoms with van der Waals surface area (Å²) < 4.78 is 24.2. The lowest BCUT2D eigenvalue weighted by atomic mass is 9.44. The number of aliphatic hydroxyl groups excluding tert-OH is 3. The molecule has 0 radical (unpaired) electrons. The maximum absolute atomic E-state index is 15.0. The lowest BCUT2D eigenvalue weighted by Gasteiger charge is -2.67. The van der Waals surface area contributed by atoms with Crippen molar-refractivity contribution in [1.82, 2.24) is 5.32 Å².